The summed E-state index contributed by atoms with van der Waals surface area (Å²) in [4.78, 5) is 11.4. The van der Waals surface area contributed by atoms with Gasteiger partial charge in [-0.2, -0.15) is 0 Å². The summed E-state index contributed by atoms with van der Waals surface area (Å²) in [6, 6.07) is 10.1. The molecule has 104 valence electrons. The summed E-state index contributed by atoms with van der Waals surface area (Å²) in [6.45, 7) is 0. The minimum absolute atomic E-state index is 0.150. The van der Waals surface area contributed by atoms with Gasteiger partial charge in [0.15, 0.2) is 0 Å². The van der Waals surface area contributed by atoms with Gasteiger partial charge >= 0.3 is 0 Å². The van der Waals surface area contributed by atoms with Crippen LogP contribution in [0, 0.1) is 0 Å². The van der Waals surface area contributed by atoms with E-state index in [4.69, 9.17) is 26.8 Å². The lowest BCUT2D eigenvalue weighted by atomic mass is 10.2. The molecule has 0 fully saturated rings. The average molecular weight is 357 g/mol. The highest BCUT2D eigenvalue weighted by Crippen LogP contribution is 2.35. The molecule has 0 saturated heterocycles. The molecular weight excluding hydrogens is 346 g/mol. The van der Waals surface area contributed by atoms with E-state index < -0.39 is 5.91 Å². The Morgan fingerprint density at radius 3 is 2.60 bits per heavy atom. The minimum Gasteiger partial charge on any atom is -0.497 e. The first-order valence-corrected chi connectivity index (χ1v) is 6.79. The smallest absolute Gasteiger partial charge is 0.254 e. The van der Waals surface area contributed by atoms with Gasteiger partial charge in [-0.3, -0.25) is 4.79 Å². The maximum absolute atomic E-state index is 11.4. The van der Waals surface area contributed by atoms with Crippen molar-refractivity contribution in [2.75, 3.05) is 7.11 Å². The predicted molar refractivity (Wildman–Crippen MR) is 80.7 cm³/mol. The molecule has 4 nitrogen and oxygen atoms in total. The first kappa shape index (κ1) is 14.7. The fourth-order valence-corrected chi connectivity index (χ4v) is 2.34. The molecule has 20 heavy (non-hydrogen) atoms. The van der Waals surface area contributed by atoms with E-state index in [9.17, 15) is 4.79 Å². The molecule has 0 heterocycles. The molecule has 0 bridgehead atoms. The van der Waals surface area contributed by atoms with Crippen LogP contribution in [0.1, 0.15) is 10.4 Å². The van der Waals surface area contributed by atoms with Crippen LogP contribution in [0.5, 0.6) is 17.2 Å². The largest absolute Gasteiger partial charge is 0.497 e. The molecule has 1 amide bonds. The van der Waals surface area contributed by atoms with Crippen LogP contribution in [-0.4, -0.2) is 13.0 Å². The number of rotatable bonds is 4. The molecule has 6 heteroatoms. The summed E-state index contributed by atoms with van der Waals surface area (Å²) in [7, 11) is 1.57. The van der Waals surface area contributed by atoms with Crippen LogP contribution in [-0.2, 0) is 0 Å². The Labute approximate surface area is 129 Å². The molecule has 0 saturated carbocycles. The molecule has 0 aliphatic carbocycles. The third-order valence-electron chi connectivity index (χ3n) is 2.58. The predicted octanol–water partition coefficient (Wildman–Crippen LogP) is 4.00. The van der Waals surface area contributed by atoms with Crippen LogP contribution >= 0.6 is 27.5 Å². The van der Waals surface area contributed by atoms with Crippen molar-refractivity contribution in [2.24, 2.45) is 5.73 Å². The van der Waals surface area contributed by atoms with Crippen molar-refractivity contribution in [1.29, 1.82) is 0 Å². The molecule has 0 unspecified atom stereocenters. The zero-order valence-electron chi connectivity index (χ0n) is 10.5. The van der Waals surface area contributed by atoms with E-state index >= 15 is 0 Å². The van der Waals surface area contributed by atoms with Gasteiger partial charge in [-0.25, -0.2) is 0 Å². The number of ether oxygens (including phenoxy) is 2. The lowest BCUT2D eigenvalue weighted by molar-refractivity contribution is 0.0998. The van der Waals surface area contributed by atoms with Crippen molar-refractivity contribution in [2.45, 2.75) is 0 Å². The topological polar surface area (TPSA) is 61.6 Å². The van der Waals surface area contributed by atoms with Crippen LogP contribution in [0.4, 0.5) is 0 Å². The van der Waals surface area contributed by atoms with Gasteiger partial charge in [-0.1, -0.05) is 17.7 Å². The van der Waals surface area contributed by atoms with E-state index in [2.05, 4.69) is 15.9 Å². The zero-order chi connectivity index (χ0) is 14.7. The lowest BCUT2D eigenvalue weighted by Gasteiger charge is -2.12. The van der Waals surface area contributed by atoms with Crippen molar-refractivity contribution in [3.8, 4) is 17.2 Å². The van der Waals surface area contributed by atoms with E-state index in [1.165, 1.54) is 0 Å². The number of hydrogen-bond acceptors (Lipinski definition) is 3. The molecule has 0 aromatic heterocycles. The Kier molecular flexibility index (Phi) is 4.52. The van der Waals surface area contributed by atoms with Gasteiger partial charge in [0.1, 0.15) is 22.8 Å². The number of hydrogen-bond donors (Lipinski definition) is 1. The summed E-state index contributed by atoms with van der Waals surface area (Å²) in [5.41, 5.74) is 5.47. The number of carbonyl (C=O) groups excluding carboxylic acids is 1. The minimum atomic E-state index is -0.643. The fraction of sp³-hybridized carbons (Fsp3) is 0.0714. The summed E-state index contributed by atoms with van der Waals surface area (Å²) >= 11 is 9.34. The zero-order valence-corrected chi connectivity index (χ0v) is 12.9. The van der Waals surface area contributed by atoms with Gasteiger partial charge in [-0.05, 0) is 46.3 Å². The summed E-state index contributed by atoms with van der Waals surface area (Å²) in [5, 5.41) is 0.250. The van der Waals surface area contributed by atoms with Gasteiger partial charge in [0.25, 0.3) is 5.91 Å². The highest BCUT2D eigenvalue weighted by atomic mass is 79.9. The average Bonchev–Trinajstić information content (AvgIpc) is 2.40. The summed E-state index contributed by atoms with van der Waals surface area (Å²) in [6.07, 6.45) is 0. The van der Waals surface area contributed by atoms with Gasteiger partial charge in [0.05, 0.1) is 16.6 Å². The molecule has 0 spiro atoms. The van der Waals surface area contributed by atoms with E-state index in [-0.39, 0.29) is 10.6 Å². The summed E-state index contributed by atoms with van der Waals surface area (Å²) in [5.74, 6) is 0.868. The SMILES string of the molecule is COc1ccc(Oc2cccc(Cl)c2C(N)=O)c(Br)c1. The molecule has 0 atom stereocenters. The molecule has 0 radical (unpaired) electrons. The number of primary amides is 1. The normalized spacial score (nSPS) is 10.2. The standard InChI is InChI=1S/C14H11BrClNO3/c1-19-8-5-6-11(9(15)7-8)20-12-4-2-3-10(16)13(12)14(17)18/h2-7H,1H3,(H2,17,18). The Hall–Kier alpha value is -1.72. The quantitative estimate of drug-likeness (QED) is 0.900. The Bertz CT molecular complexity index is 661. The number of halogens is 2. The second kappa shape index (κ2) is 6.15. The molecule has 0 aliphatic rings. The molecule has 2 aromatic rings. The van der Waals surface area contributed by atoms with Crippen molar-refractivity contribution >= 4 is 33.4 Å². The third-order valence-corrected chi connectivity index (χ3v) is 3.52. The van der Waals surface area contributed by atoms with Crippen LogP contribution in [0.15, 0.2) is 40.9 Å². The summed E-state index contributed by atoms with van der Waals surface area (Å²) < 4.78 is 11.5. The fourth-order valence-electron chi connectivity index (χ4n) is 1.64. The molecule has 2 aromatic carbocycles. The maximum Gasteiger partial charge on any atom is 0.254 e. The highest BCUT2D eigenvalue weighted by Gasteiger charge is 2.15. The Morgan fingerprint density at radius 1 is 1.25 bits per heavy atom. The van der Waals surface area contributed by atoms with Gasteiger partial charge in [0, 0.05) is 0 Å². The monoisotopic (exact) mass is 355 g/mol. The molecule has 2 rings (SSSR count). The van der Waals surface area contributed by atoms with Crippen LogP contribution < -0.4 is 15.2 Å². The maximum atomic E-state index is 11.4. The third kappa shape index (κ3) is 3.05. The first-order chi connectivity index (χ1) is 9.52. The van der Waals surface area contributed by atoms with Gasteiger partial charge < -0.3 is 15.2 Å². The lowest BCUT2D eigenvalue weighted by Crippen LogP contribution is -2.13. The molecule has 0 aliphatic heterocycles. The van der Waals surface area contributed by atoms with Crippen molar-refractivity contribution in [3.63, 3.8) is 0 Å². The number of methoxy groups -OCH3 is 1. The Morgan fingerprint density at radius 2 is 2.00 bits per heavy atom. The van der Waals surface area contributed by atoms with Crippen molar-refractivity contribution < 1.29 is 14.3 Å². The molecule has 2 N–H and O–H groups in total. The van der Waals surface area contributed by atoms with Crippen molar-refractivity contribution in [1.82, 2.24) is 0 Å². The van der Waals surface area contributed by atoms with E-state index in [1.807, 2.05) is 0 Å². The van der Waals surface area contributed by atoms with Crippen LogP contribution in [0.2, 0.25) is 5.02 Å². The highest BCUT2D eigenvalue weighted by molar-refractivity contribution is 9.10. The van der Waals surface area contributed by atoms with Crippen molar-refractivity contribution in [3.05, 3.63) is 51.5 Å². The van der Waals surface area contributed by atoms with E-state index in [0.717, 1.165) is 0 Å². The van der Waals surface area contributed by atoms with Gasteiger partial charge in [-0.15, -0.1) is 0 Å². The number of nitrogens with two attached hydrogens (primary N) is 1. The second-order valence-corrected chi connectivity index (χ2v) is 5.14. The number of carbonyl (C=O) groups is 1. The first-order valence-electron chi connectivity index (χ1n) is 5.62. The second-order valence-electron chi connectivity index (χ2n) is 3.88. The Balaban J connectivity index is 2.40. The number of benzene rings is 2. The number of amides is 1. The van der Waals surface area contributed by atoms with Crippen LogP contribution in [0.3, 0.4) is 0 Å². The van der Waals surface area contributed by atoms with Crippen LogP contribution in [0.25, 0.3) is 0 Å². The van der Waals surface area contributed by atoms with E-state index in [0.29, 0.717) is 21.7 Å². The molecular formula is C14H11BrClNO3. The van der Waals surface area contributed by atoms with E-state index in [1.54, 1.807) is 43.5 Å². The van der Waals surface area contributed by atoms with Gasteiger partial charge in [0.2, 0.25) is 0 Å².